The summed E-state index contributed by atoms with van der Waals surface area (Å²) in [6, 6.07) is 8.09. The summed E-state index contributed by atoms with van der Waals surface area (Å²) >= 11 is 0. The van der Waals surface area contributed by atoms with Crippen molar-refractivity contribution in [1.29, 1.82) is 0 Å². The SMILES string of the molecule is CCC(CC)C(=O)NCc1ccc(Oc2cccnc2)c(F)c1. The third-order valence-electron chi connectivity index (χ3n) is 3.68. The van der Waals surface area contributed by atoms with Crippen molar-refractivity contribution in [3.63, 3.8) is 0 Å². The minimum atomic E-state index is -0.469. The summed E-state index contributed by atoms with van der Waals surface area (Å²) in [5, 5.41) is 2.84. The fourth-order valence-corrected chi connectivity index (χ4v) is 2.26. The van der Waals surface area contributed by atoms with Gasteiger partial charge in [0.15, 0.2) is 11.6 Å². The molecule has 0 bridgehead atoms. The predicted octanol–water partition coefficient (Wildman–Crippen LogP) is 4.07. The van der Waals surface area contributed by atoms with Crippen LogP contribution >= 0.6 is 0 Å². The molecular weight excluding hydrogens is 295 g/mol. The fraction of sp³-hybridized carbons (Fsp3) is 0.333. The van der Waals surface area contributed by atoms with Crippen molar-refractivity contribution in [2.75, 3.05) is 0 Å². The van der Waals surface area contributed by atoms with Gasteiger partial charge < -0.3 is 10.1 Å². The van der Waals surface area contributed by atoms with Gasteiger partial charge in [0.25, 0.3) is 0 Å². The molecule has 23 heavy (non-hydrogen) atoms. The number of nitrogens with zero attached hydrogens (tertiary/aromatic N) is 1. The maximum absolute atomic E-state index is 14.1. The average molecular weight is 316 g/mol. The van der Waals surface area contributed by atoms with E-state index in [-0.39, 0.29) is 17.6 Å². The van der Waals surface area contributed by atoms with Gasteiger partial charge in [-0.1, -0.05) is 19.9 Å². The van der Waals surface area contributed by atoms with Crippen molar-refractivity contribution in [2.24, 2.45) is 5.92 Å². The summed E-state index contributed by atoms with van der Waals surface area (Å²) in [5.74, 6) is 0.150. The quantitative estimate of drug-likeness (QED) is 0.838. The van der Waals surface area contributed by atoms with Crippen LogP contribution in [0.5, 0.6) is 11.5 Å². The molecule has 0 aliphatic heterocycles. The molecule has 0 saturated carbocycles. The summed E-state index contributed by atoms with van der Waals surface area (Å²) in [6.07, 6.45) is 4.74. The van der Waals surface area contributed by atoms with Gasteiger partial charge in [-0.25, -0.2) is 4.39 Å². The van der Waals surface area contributed by atoms with Gasteiger partial charge in [-0.2, -0.15) is 0 Å². The lowest BCUT2D eigenvalue weighted by molar-refractivity contribution is -0.125. The van der Waals surface area contributed by atoms with Crippen molar-refractivity contribution in [3.8, 4) is 11.5 Å². The summed E-state index contributed by atoms with van der Waals surface area (Å²) in [4.78, 5) is 15.8. The second kappa shape index (κ2) is 8.27. The van der Waals surface area contributed by atoms with Crippen molar-refractivity contribution in [1.82, 2.24) is 10.3 Å². The number of hydrogen-bond acceptors (Lipinski definition) is 3. The van der Waals surface area contributed by atoms with E-state index < -0.39 is 5.82 Å². The van der Waals surface area contributed by atoms with Crippen LogP contribution in [0.1, 0.15) is 32.3 Å². The van der Waals surface area contributed by atoms with Crippen LogP contribution in [0.15, 0.2) is 42.7 Å². The fourth-order valence-electron chi connectivity index (χ4n) is 2.26. The smallest absolute Gasteiger partial charge is 0.223 e. The molecule has 0 saturated heterocycles. The maximum atomic E-state index is 14.1. The number of carbonyl (C=O) groups is 1. The molecule has 1 aromatic heterocycles. The van der Waals surface area contributed by atoms with Crippen LogP contribution in [-0.4, -0.2) is 10.9 Å². The van der Waals surface area contributed by atoms with Crippen LogP contribution in [0.4, 0.5) is 4.39 Å². The highest BCUT2D eigenvalue weighted by molar-refractivity contribution is 5.78. The Labute approximate surface area is 135 Å². The van der Waals surface area contributed by atoms with E-state index in [0.717, 1.165) is 12.8 Å². The lowest BCUT2D eigenvalue weighted by atomic mass is 10.0. The number of benzene rings is 1. The normalized spacial score (nSPS) is 10.6. The molecule has 0 aliphatic rings. The zero-order chi connectivity index (χ0) is 16.7. The summed E-state index contributed by atoms with van der Waals surface area (Å²) < 4.78 is 19.5. The Bertz CT molecular complexity index is 643. The molecular formula is C18H21FN2O2. The van der Waals surface area contributed by atoms with Crippen molar-refractivity contribution in [2.45, 2.75) is 33.2 Å². The minimum absolute atomic E-state index is 0.00564. The average Bonchev–Trinajstić information content (AvgIpc) is 2.57. The van der Waals surface area contributed by atoms with Crippen LogP contribution in [-0.2, 0) is 11.3 Å². The number of pyridine rings is 1. The van der Waals surface area contributed by atoms with Crippen LogP contribution < -0.4 is 10.1 Å². The third-order valence-corrected chi connectivity index (χ3v) is 3.68. The van der Waals surface area contributed by atoms with Crippen LogP contribution in [0.2, 0.25) is 0 Å². The first-order valence-corrected chi connectivity index (χ1v) is 7.78. The molecule has 0 spiro atoms. The molecule has 0 aliphatic carbocycles. The zero-order valence-electron chi connectivity index (χ0n) is 13.4. The predicted molar refractivity (Wildman–Crippen MR) is 86.6 cm³/mol. The van der Waals surface area contributed by atoms with Gasteiger partial charge in [0, 0.05) is 18.7 Å². The molecule has 4 nitrogen and oxygen atoms in total. The molecule has 1 amide bonds. The van der Waals surface area contributed by atoms with Crippen LogP contribution in [0, 0.1) is 11.7 Å². The first-order valence-electron chi connectivity index (χ1n) is 7.78. The van der Waals surface area contributed by atoms with Crippen LogP contribution in [0.3, 0.4) is 0 Å². The second-order valence-corrected chi connectivity index (χ2v) is 5.29. The first kappa shape index (κ1) is 16.9. The van der Waals surface area contributed by atoms with E-state index in [0.29, 0.717) is 17.9 Å². The number of halogens is 1. The highest BCUT2D eigenvalue weighted by atomic mass is 19.1. The Balaban J connectivity index is 1.98. The number of nitrogens with one attached hydrogen (secondary N) is 1. The molecule has 1 heterocycles. The second-order valence-electron chi connectivity index (χ2n) is 5.29. The van der Waals surface area contributed by atoms with E-state index in [1.54, 1.807) is 30.5 Å². The lowest BCUT2D eigenvalue weighted by Gasteiger charge is -2.13. The van der Waals surface area contributed by atoms with Crippen LogP contribution in [0.25, 0.3) is 0 Å². The lowest BCUT2D eigenvalue weighted by Crippen LogP contribution is -2.29. The molecule has 0 atom stereocenters. The minimum Gasteiger partial charge on any atom is -0.453 e. The molecule has 0 radical (unpaired) electrons. The molecule has 5 heteroatoms. The largest absolute Gasteiger partial charge is 0.453 e. The number of amides is 1. The summed E-state index contributed by atoms with van der Waals surface area (Å²) in [5.41, 5.74) is 0.695. The molecule has 0 unspecified atom stereocenters. The van der Waals surface area contributed by atoms with E-state index in [2.05, 4.69) is 10.3 Å². The van der Waals surface area contributed by atoms with E-state index in [9.17, 15) is 9.18 Å². The topological polar surface area (TPSA) is 51.2 Å². The molecule has 1 N–H and O–H groups in total. The Hall–Kier alpha value is -2.43. The van der Waals surface area contributed by atoms with Gasteiger partial charge in [-0.3, -0.25) is 9.78 Å². The van der Waals surface area contributed by atoms with Gasteiger partial charge in [0.05, 0.1) is 6.20 Å². The van der Waals surface area contributed by atoms with Crippen molar-refractivity contribution < 1.29 is 13.9 Å². The molecule has 2 rings (SSSR count). The third kappa shape index (κ3) is 4.77. The van der Waals surface area contributed by atoms with E-state index in [1.165, 1.54) is 12.3 Å². The number of aromatic nitrogens is 1. The maximum Gasteiger partial charge on any atom is 0.223 e. The van der Waals surface area contributed by atoms with Gasteiger partial charge in [-0.05, 0) is 42.7 Å². The van der Waals surface area contributed by atoms with Gasteiger partial charge in [-0.15, -0.1) is 0 Å². The Kier molecular flexibility index (Phi) is 6.09. The van der Waals surface area contributed by atoms with Gasteiger partial charge >= 0.3 is 0 Å². The summed E-state index contributed by atoms with van der Waals surface area (Å²) in [7, 11) is 0. The van der Waals surface area contributed by atoms with Crippen molar-refractivity contribution >= 4 is 5.91 Å². The Morgan fingerprint density at radius 3 is 2.70 bits per heavy atom. The van der Waals surface area contributed by atoms with Gasteiger partial charge in [0.2, 0.25) is 5.91 Å². The molecule has 2 aromatic rings. The number of hydrogen-bond donors (Lipinski definition) is 1. The summed E-state index contributed by atoms with van der Waals surface area (Å²) in [6.45, 7) is 4.27. The monoisotopic (exact) mass is 316 g/mol. The molecule has 1 aromatic carbocycles. The van der Waals surface area contributed by atoms with Crippen molar-refractivity contribution in [3.05, 3.63) is 54.1 Å². The highest BCUT2D eigenvalue weighted by Crippen LogP contribution is 2.24. The Morgan fingerprint density at radius 2 is 2.09 bits per heavy atom. The van der Waals surface area contributed by atoms with Gasteiger partial charge in [0.1, 0.15) is 5.75 Å². The molecule has 122 valence electrons. The zero-order valence-corrected chi connectivity index (χ0v) is 13.4. The van der Waals surface area contributed by atoms with E-state index in [4.69, 9.17) is 4.74 Å². The number of ether oxygens (including phenoxy) is 1. The number of carbonyl (C=O) groups excluding carboxylic acids is 1. The van der Waals surface area contributed by atoms with E-state index in [1.807, 2.05) is 13.8 Å². The standard InChI is InChI=1S/C18H21FN2O2/c1-3-14(4-2)18(22)21-11-13-7-8-17(16(19)10-13)23-15-6-5-9-20-12-15/h5-10,12,14H,3-4,11H2,1-2H3,(H,21,22). The highest BCUT2D eigenvalue weighted by Gasteiger charge is 2.14. The van der Waals surface area contributed by atoms with E-state index >= 15 is 0 Å². The number of rotatable bonds is 7. The Morgan fingerprint density at radius 1 is 1.30 bits per heavy atom. The first-order chi connectivity index (χ1) is 11.1. The molecule has 0 fully saturated rings.